The third-order valence-corrected chi connectivity index (χ3v) is 5.47. The number of thioether (sulfide) groups is 1. The van der Waals surface area contributed by atoms with Gasteiger partial charge in [-0.25, -0.2) is 4.98 Å². The molecule has 0 atom stereocenters. The van der Waals surface area contributed by atoms with Crippen LogP contribution in [0.5, 0.6) is 0 Å². The SMILES string of the molecule is CCn1c(SCc2noc(-c3cccc(Cl)c3)n2)nnc1-c1cc(C)nc(Cl)c1. The smallest absolute Gasteiger partial charge is 0.258 e. The van der Waals surface area contributed by atoms with Crippen LogP contribution < -0.4 is 0 Å². The highest BCUT2D eigenvalue weighted by Crippen LogP contribution is 2.28. The Bertz CT molecular complexity index is 1140. The standard InChI is InChI=1S/C19H16Cl2N6OS/c1-3-27-17(13-7-11(2)22-15(21)9-13)24-25-19(27)29-10-16-23-18(28-26-16)12-5-4-6-14(20)8-12/h4-9H,3,10H2,1-2H3. The van der Waals surface area contributed by atoms with Crippen molar-refractivity contribution in [3.8, 4) is 22.8 Å². The number of nitrogens with zero attached hydrogens (tertiary/aromatic N) is 6. The molecule has 0 aliphatic heterocycles. The molecule has 29 heavy (non-hydrogen) atoms. The first kappa shape index (κ1) is 19.9. The first-order chi connectivity index (χ1) is 14.0. The topological polar surface area (TPSA) is 82.5 Å². The van der Waals surface area contributed by atoms with Gasteiger partial charge in [-0.1, -0.05) is 46.2 Å². The number of halogens is 2. The molecule has 0 N–H and O–H groups in total. The Hall–Kier alpha value is -2.42. The summed E-state index contributed by atoms with van der Waals surface area (Å²) in [5, 5.41) is 14.5. The molecule has 0 aliphatic carbocycles. The van der Waals surface area contributed by atoms with Gasteiger partial charge in [0.25, 0.3) is 5.89 Å². The molecule has 0 saturated carbocycles. The van der Waals surface area contributed by atoms with Crippen LogP contribution >= 0.6 is 35.0 Å². The van der Waals surface area contributed by atoms with Gasteiger partial charge in [-0.3, -0.25) is 0 Å². The van der Waals surface area contributed by atoms with Crippen LogP contribution in [0.3, 0.4) is 0 Å². The number of aryl methyl sites for hydroxylation is 1. The summed E-state index contributed by atoms with van der Waals surface area (Å²) in [6, 6.07) is 11.0. The fourth-order valence-electron chi connectivity index (χ4n) is 2.83. The van der Waals surface area contributed by atoms with Crippen LogP contribution in [-0.4, -0.2) is 29.9 Å². The quantitative estimate of drug-likeness (QED) is 0.292. The summed E-state index contributed by atoms with van der Waals surface area (Å²) in [4.78, 5) is 8.64. The minimum Gasteiger partial charge on any atom is -0.334 e. The van der Waals surface area contributed by atoms with E-state index in [2.05, 4.69) is 25.3 Å². The molecule has 1 aromatic carbocycles. The van der Waals surface area contributed by atoms with E-state index in [1.165, 1.54) is 11.8 Å². The van der Waals surface area contributed by atoms with Crippen molar-refractivity contribution in [3.05, 3.63) is 58.1 Å². The maximum absolute atomic E-state index is 6.10. The van der Waals surface area contributed by atoms with Gasteiger partial charge < -0.3 is 9.09 Å². The predicted octanol–water partition coefficient (Wildman–Crippen LogP) is 5.32. The van der Waals surface area contributed by atoms with Crippen LogP contribution in [0.15, 0.2) is 46.1 Å². The summed E-state index contributed by atoms with van der Waals surface area (Å²) in [6.45, 7) is 4.65. The summed E-state index contributed by atoms with van der Waals surface area (Å²) < 4.78 is 7.38. The van der Waals surface area contributed by atoms with Gasteiger partial charge in [0.2, 0.25) is 0 Å². The number of benzene rings is 1. The maximum atomic E-state index is 6.10. The Morgan fingerprint density at radius 2 is 1.93 bits per heavy atom. The zero-order chi connectivity index (χ0) is 20.4. The van der Waals surface area contributed by atoms with Crippen molar-refractivity contribution < 1.29 is 4.52 Å². The lowest BCUT2D eigenvalue weighted by molar-refractivity contribution is 0.425. The second-order valence-corrected chi connectivity index (χ2v) is 7.95. The highest BCUT2D eigenvalue weighted by atomic mass is 35.5. The Kier molecular flexibility index (Phi) is 5.84. The maximum Gasteiger partial charge on any atom is 0.258 e. The molecule has 0 aliphatic rings. The van der Waals surface area contributed by atoms with E-state index in [9.17, 15) is 0 Å². The zero-order valence-corrected chi connectivity index (χ0v) is 18.0. The fraction of sp³-hybridized carbons (Fsp3) is 0.211. The molecule has 0 radical (unpaired) electrons. The van der Waals surface area contributed by atoms with E-state index >= 15 is 0 Å². The molecule has 0 saturated heterocycles. The minimum absolute atomic E-state index is 0.431. The Labute approximate surface area is 181 Å². The number of hydrogen-bond donors (Lipinski definition) is 0. The van der Waals surface area contributed by atoms with E-state index in [0.717, 1.165) is 27.8 Å². The van der Waals surface area contributed by atoms with E-state index in [1.54, 1.807) is 18.2 Å². The highest BCUT2D eigenvalue weighted by molar-refractivity contribution is 7.98. The van der Waals surface area contributed by atoms with E-state index < -0.39 is 0 Å². The average Bonchev–Trinajstić information content (AvgIpc) is 3.32. The summed E-state index contributed by atoms with van der Waals surface area (Å²) in [5.41, 5.74) is 2.49. The van der Waals surface area contributed by atoms with Gasteiger partial charge in [0, 0.05) is 28.4 Å². The van der Waals surface area contributed by atoms with Crippen LogP contribution in [0.25, 0.3) is 22.8 Å². The Morgan fingerprint density at radius 1 is 1.07 bits per heavy atom. The van der Waals surface area contributed by atoms with Crippen molar-refractivity contribution in [2.24, 2.45) is 0 Å². The molecule has 7 nitrogen and oxygen atoms in total. The summed E-state index contributed by atoms with van der Waals surface area (Å²) in [7, 11) is 0. The summed E-state index contributed by atoms with van der Waals surface area (Å²) >= 11 is 13.6. The first-order valence-corrected chi connectivity index (χ1v) is 10.6. The van der Waals surface area contributed by atoms with Crippen LogP contribution in [0.4, 0.5) is 0 Å². The van der Waals surface area contributed by atoms with Gasteiger partial charge in [0.05, 0.1) is 5.75 Å². The predicted molar refractivity (Wildman–Crippen MR) is 113 cm³/mol. The van der Waals surface area contributed by atoms with E-state index in [4.69, 9.17) is 27.7 Å². The van der Waals surface area contributed by atoms with Gasteiger partial charge in [0.1, 0.15) is 5.15 Å². The molecule has 3 heterocycles. The average molecular weight is 447 g/mol. The number of rotatable bonds is 6. The van der Waals surface area contributed by atoms with Crippen LogP contribution in [0.2, 0.25) is 10.2 Å². The Morgan fingerprint density at radius 3 is 2.69 bits per heavy atom. The molecule has 0 fully saturated rings. The van der Waals surface area contributed by atoms with Gasteiger partial charge in [-0.2, -0.15) is 4.98 Å². The van der Waals surface area contributed by atoms with E-state index in [1.807, 2.05) is 36.6 Å². The monoisotopic (exact) mass is 446 g/mol. The van der Waals surface area contributed by atoms with Gasteiger partial charge in [-0.05, 0) is 44.2 Å². The van der Waals surface area contributed by atoms with Crippen molar-refractivity contribution >= 4 is 35.0 Å². The number of aromatic nitrogens is 6. The molecule has 4 aromatic rings. The van der Waals surface area contributed by atoms with Gasteiger partial charge >= 0.3 is 0 Å². The minimum atomic E-state index is 0.431. The van der Waals surface area contributed by atoms with Crippen LogP contribution in [0, 0.1) is 6.92 Å². The van der Waals surface area contributed by atoms with Crippen LogP contribution in [-0.2, 0) is 12.3 Å². The molecule has 3 aromatic heterocycles. The first-order valence-electron chi connectivity index (χ1n) is 8.82. The van der Waals surface area contributed by atoms with E-state index in [-0.39, 0.29) is 0 Å². The zero-order valence-electron chi connectivity index (χ0n) is 15.6. The lowest BCUT2D eigenvalue weighted by atomic mass is 10.2. The molecule has 0 bridgehead atoms. The highest BCUT2D eigenvalue weighted by Gasteiger charge is 2.16. The molecule has 0 amide bonds. The third-order valence-electron chi connectivity index (χ3n) is 4.08. The fourth-order valence-corrected chi connectivity index (χ4v) is 4.12. The molecule has 0 unspecified atom stereocenters. The third kappa shape index (κ3) is 4.44. The van der Waals surface area contributed by atoms with E-state index in [0.29, 0.717) is 34.2 Å². The van der Waals surface area contributed by atoms with Crippen molar-refractivity contribution in [1.82, 2.24) is 29.9 Å². The summed E-state index contributed by atoms with van der Waals surface area (Å²) in [5.74, 6) is 2.25. The van der Waals surface area contributed by atoms with Crippen LogP contribution in [0.1, 0.15) is 18.4 Å². The number of pyridine rings is 1. The van der Waals surface area contributed by atoms with Crippen molar-refractivity contribution in [3.63, 3.8) is 0 Å². The van der Waals surface area contributed by atoms with Gasteiger partial charge in [0.15, 0.2) is 16.8 Å². The largest absolute Gasteiger partial charge is 0.334 e. The lowest BCUT2D eigenvalue weighted by Gasteiger charge is -2.07. The molecule has 148 valence electrons. The second kappa shape index (κ2) is 8.52. The van der Waals surface area contributed by atoms with Crippen molar-refractivity contribution in [1.29, 1.82) is 0 Å². The Balaban J connectivity index is 1.53. The van der Waals surface area contributed by atoms with Crippen molar-refractivity contribution in [2.75, 3.05) is 0 Å². The summed E-state index contributed by atoms with van der Waals surface area (Å²) in [6.07, 6.45) is 0. The second-order valence-electron chi connectivity index (χ2n) is 6.19. The molecular weight excluding hydrogens is 431 g/mol. The molecule has 0 spiro atoms. The molecule has 10 heteroatoms. The lowest BCUT2D eigenvalue weighted by Crippen LogP contribution is -2.00. The van der Waals surface area contributed by atoms with Gasteiger partial charge in [-0.15, -0.1) is 10.2 Å². The molecule has 4 rings (SSSR count). The number of hydrogen-bond acceptors (Lipinski definition) is 7. The normalized spacial score (nSPS) is 11.2. The van der Waals surface area contributed by atoms with Crippen molar-refractivity contribution in [2.45, 2.75) is 31.3 Å². The molecular formula is C19H16Cl2N6OS.